The van der Waals surface area contributed by atoms with Crippen LogP contribution in [-0.2, 0) is 0 Å². The highest BCUT2D eigenvalue weighted by Crippen LogP contribution is 2.31. The maximum Gasteiger partial charge on any atom is 0.263 e. The highest BCUT2D eigenvalue weighted by Gasteiger charge is 2.21. The molecule has 6 nitrogen and oxygen atoms in total. The van der Waals surface area contributed by atoms with Gasteiger partial charge in [-0.1, -0.05) is 13.8 Å². The summed E-state index contributed by atoms with van der Waals surface area (Å²) in [5.41, 5.74) is 6.36. The van der Waals surface area contributed by atoms with E-state index in [2.05, 4.69) is 15.5 Å². The Morgan fingerprint density at radius 3 is 2.89 bits per heavy atom. The molecule has 4 N–H and O–H groups in total. The summed E-state index contributed by atoms with van der Waals surface area (Å²) in [5.74, 6) is -0.141. The van der Waals surface area contributed by atoms with Gasteiger partial charge < -0.3 is 16.2 Å². The molecule has 0 aliphatic carbocycles. The molecule has 2 rings (SSSR count). The Morgan fingerprint density at radius 1 is 1.58 bits per heavy atom. The van der Waals surface area contributed by atoms with E-state index in [9.17, 15) is 9.90 Å². The number of aliphatic hydroxyl groups excluding tert-OH is 1. The van der Waals surface area contributed by atoms with Crippen LogP contribution in [0.3, 0.4) is 0 Å². The van der Waals surface area contributed by atoms with E-state index < -0.39 is 0 Å². The molecule has 1 amide bonds. The molecule has 0 spiro atoms. The predicted molar refractivity (Wildman–Crippen MR) is 75.0 cm³/mol. The van der Waals surface area contributed by atoms with Crippen molar-refractivity contribution in [3.8, 4) is 0 Å². The van der Waals surface area contributed by atoms with Gasteiger partial charge in [-0.05, 0) is 12.0 Å². The monoisotopic (exact) mass is 280 g/mol. The molecule has 0 saturated carbocycles. The quantitative estimate of drug-likeness (QED) is 0.776. The lowest BCUT2D eigenvalue weighted by Gasteiger charge is -2.19. The molecule has 0 bridgehead atoms. The zero-order chi connectivity index (χ0) is 14.0. The van der Waals surface area contributed by atoms with Crippen molar-refractivity contribution in [2.75, 3.05) is 12.3 Å². The van der Waals surface area contributed by atoms with Gasteiger partial charge in [0.1, 0.15) is 9.71 Å². The Hall–Kier alpha value is -1.73. The lowest BCUT2D eigenvalue weighted by molar-refractivity contribution is 0.0902. The fourth-order valence-electron chi connectivity index (χ4n) is 1.70. The first-order chi connectivity index (χ1) is 9.04. The fraction of sp³-hybridized carbons (Fsp3) is 0.417. The van der Waals surface area contributed by atoms with Crippen LogP contribution in [0.4, 0.5) is 5.69 Å². The van der Waals surface area contributed by atoms with Gasteiger partial charge in [-0.2, -0.15) is 5.10 Å². The summed E-state index contributed by atoms with van der Waals surface area (Å²) in [4.78, 5) is 13.2. The van der Waals surface area contributed by atoms with Gasteiger partial charge >= 0.3 is 0 Å². The number of fused-ring (bicyclic) bond motifs is 1. The molecule has 0 aliphatic rings. The van der Waals surface area contributed by atoms with E-state index in [1.807, 2.05) is 13.8 Å². The van der Waals surface area contributed by atoms with Crippen LogP contribution in [0.15, 0.2) is 12.3 Å². The smallest absolute Gasteiger partial charge is 0.263 e. The Kier molecular flexibility index (Phi) is 3.96. The summed E-state index contributed by atoms with van der Waals surface area (Å²) in [6, 6.07) is 1.44. The van der Waals surface area contributed by atoms with Gasteiger partial charge in [-0.25, -0.2) is 0 Å². The summed E-state index contributed by atoms with van der Waals surface area (Å²) < 4.78 is 0. The number of thiophene rings is 1. The molecule has 0 unspecified atom stereocenters. The first kappa shape index (κ1) is 13.7. The second-order valence-corrected chi connectivity index (χ2v) is 5.60. The third kappa shape index (κ3) is 2.66. The zero-order valence-electron chi connectivity index (χ0n) is 10.8. The van der Waals surface area contributed by atoms with Crippen LogP contribution in [0, 0.1) is 5.92 Å². The van der Waals surface area contributed by atoms with Crippen LogP contribution in [0.1, 0.15) is 23.5 Å². The van der Waals surface area contributed by atoms with Crippen molar-refractivity contribution in [2.24, 2.45) is 5.92 Å². The van der Waals surface area contributed by atoms with Crippen molar-refractivity contribution in [3.05, 3.63) is 17.1 Å². The zero-order valence-corrected chi connectivity index (χ0v) is 11.6. The molecule has 1 atom stereocenters. The minimum absolute atomic E-state index is 0.103. The molecule has 0 fully saturated rings. The Bertz CT molecular complexity index is 596. The molecule has 0 aliphatic heterocycles. The van der Waals surface area contributed by atoms with Crippen LogP contribution in [0.5, 0.6) is 0 Å². The molecule has 2 heterocycles. The highest BCUT2D eigenvalue weighted by atomic mass is 32.1. The van der Waals surface area contributed by atoms with E-state index in [1.54, 1.807) is 6.07 Å². The lowest BCUT2D eigenvalue weighted by Crippen LogP contribution is -2.41. The van der Waals surface area contributed by atoms with Gasteiger partial charge in [0.25, 0.3) is 5.91 Å². The molecule has 2 aromatic heterocycles. The molecular formula is C12H16N4O2S. The Balaban J connectivity index is 2.29. The minimum atomic E-state index is -0.289. The summed E-state index contributed by atoms with van der Waals surface area (Å²) >= 11 is 1.20. The van der Waals surface area contributed by atoms with Crippen molar-refractivity contribution in [1.29, 1.82) is 0 Å². The third-order valence-electron chi connectivity index (χ3n) is 2.94. The van der Waals surface area contributed by atoms with E-state index in [0.29, 0.717) is 15.4 Å². The van der Waals surface area contributed by atoms with Crippen LogP contribution in [-0.4, -0.2) is 33.9 Å². The summed E-state index contributed by atoms with van der Waals surface area (Å²) in [7, 11) is 0. The van der Waals surface area contributed by atoms with Gasteiger partial charge in [0.15, 0.2) is 0 Å². The lowest BCUT2D eigenvalue weighted by atomic mass is 10.1. The molecular weight excluding hydrogens is 264 g/mol. The number of carbonyl (C=O) groups excluding carboxylic acids is 1. The largest absolute Gasteiger partial charge is 0.397 e. The van der Waals surface area contributed by atoms with Crippen molar-refractivity contribution < 1.29 is 9.90 Å². The fourth-order valence-corrected chi connectivity index (χ4v) is 2.64. The number of nitrogen functional groups attached to an aromatic ring is 1. The first-order valence-electron chi connectivity index (χ1n) is 5.96. The number of nitrogens with one attached hydrogen (secondary N) is 1. The van der Waals surface area contributed by atoms with Crippen LogP contribution in [0.2, 0.25) is 0 Å². The van der Waals surface area contributed by atoms with E-state index in [4.69, 9.17) is 5.73 Å². The van der Waals surface area contributed by atoms with E-state index in [0.717, 1.165) is 5.39 Å². The van der Waals surface area contributed by atoms with Crippen molar-refractivity contribution >= 4 is 33.1 Å². The van der Waals surface area contributed by atoms with E-state index >= 15 is 0 Å². The van der Waals surface area contributed by atoms with E-state index in [-0.39, 0.29) is 24.5 Å². The third-order valence-corrected chi connectivity index (χ3v) is 4.05. The molecule has 0 aromatic carbocycles. The molecule has 2 aromatic rings. The molecule has 19 heavy (non-hydrogen) atoms. The summed E-state index contributed by atoms with van der Waals surface area (Å²) in [6.07, 6.45) is 1.54. The number of nitrogens with zero attached hydrogens (tertiary/aromatic N) is 2. The minimum Gasteiger partial charge on any atom is -0.397 e. The normalized spacial score (nSPS) is 12.8. The average molecular weight is 280 g/mol. The summed E-state index contributed by atoms with van der Waals surface area (Å²) in [6.45, 7) is 3.76. The van der Waals surface area contributed by atoms with Gasteiger partial charge in [-0.15, -0.1) is 16.4 Å². The van der Waals surface area contributed by atoms with Gasteiger partial charge in [0.05, 0.1) is 24.5 Å². The van der Waals surface area contributed by atoms with Gasteiger partial charge in [0.2, 0.25) is 0 Å². The first-order valence-corrected chi connectivity index (χ1v) is 6.77. The second-order valence-electron chi connectivity index (χ2n) is 4.60. The number of anilines is 1. The highest BCUT2D eigenvalue weighted by molar-refractivity contribution is 7.21. The number of aliphatic hydroxyl groups is 1. The summed E-state index contributed by atoms with van der Waals surface area (Å²) in [5, 5.41) is 20.4. The molecule has 0 radical (unpaired) electrons. The van der Waals surface area contributed by atoms with Crippen molar-refractivity contribution in [3.63, 3.8) is 0 Å². The van der Waals surface area contributed by atoms with Crippen molar-refractivity contribution in [1.82, 2.24) is 15.5 Å². The standard InChI is InChI=1S/C12H16N4O2S/c1-6(2)8(5-17)15-11(18)10-9(13)7-3-4-14-16-12(7)19-10/h3-4,6,8,17H,5,13H2,1-2H3,(H,15,18)/t8-/m1/s1. The van der Waals surface area contributed by atoms with Crippen LogP contribution >= 0.6 is 11.3 Å². The van der Waals surface area contributed by atoms with Crippen LogP contribution in [0.25, 0.3) is 10.2 Å². The number of amides is 1. The number of hydrogen-bond acceptors (Lipinski definition) is 6. The topological polar surface area (TPSA) is 101 Å². The predicted octanol–water partition coefficient (Wildman–Crippen LogP) is 1.02. The Labute approximate surface area is 114 Å². The number of rotatable bonds is 4. The Morgan fingerprint density at radius 2 is 2.32 bits per heavy atom. The molecule has 102 valence electrons. The molecule has 0 saturated heterocycles. The van der Waals surface area contributed by atoms with E-state index in [1.165, 1.54) is 17.5 Å². The van der Waals surface area contributed by atoms with Gasteiger partial charge in [-0.3, -0.25) is 4.79 Å². The molecule has 7 heteroatoms. The maximum atomic E-state index is 12.2. The van der Waals surface area contributed by atoms with Gasteiger partial charge in [0, 0.05) is 5.39 Å². The van der Waals surface area contributed by atoms with Crippen LogP contribution < -0.4 is 11.1 Å². The number of hydrogen-bond donors (Lipinski definition) is 3. The maximum absolute atomic E-state index is 12.2. The number of nitrogens with two attached hydrogens (primary N) is 1. The second kappa shape index (κ2) is 5.50. The number of carbonyl (C=O) groups is 1. The SMILES string of the molecule is CC(C)[C@@H](CO)NC(=O)c1sc2nnccc2c1N. The number of aromatic nitrogens is 2. The average Bonchev–Trinajstić information content (AvgIpc) is 2.73. The van der Waals surface area contributed by atoms with Crippen molar-refractivity contribution in [2.45, 2.75) is 19.9 Å².